The van der Waals surface area contributed by atoms with Gasteiger partial charge in [-0.1, -0.05) is 13.0 Å². The average molecular weight is 469 g/mol. The highest BCUT2D eigenvalue weighted by molar-refractivity contribution is 5.88. The summed E-state index contributed by atoms with van der Waals surface area (Å²) in [6.07, 6.45) is -2.92. The highest BCUT2D eigenvalue weighted by atomic mass is 16.7. The minimum Gasteiger partial charge on any atom is -0.464 e. The maximum absolute atomic E-state index is 10.4. The number of ether oxygens (including phenoxy) is 2. The Morgan fingerprint density at radius 2 is 1.85 bits per heavy atom. The summed E-state index contributed by atoms with van der Waals surface area (Å²) in [4.78, 5) is 0. The van der Waals surface area contributed by atoms with Crippen molar-refractivity contribution in [1.82, 2.24) is 10.2 Å². The quantitative estimate of drug-likeness (QED) is 0.277. The topological polar surface area (TPSA) is 141 Å². The van der Waals surface area contributed by atoms with Gasteiger partial charge in [-0.2, -0.15) is 5.10 Å². The number of aromatic amines is 1. The van der Waals surface area contributed by atoms with E-state index in [-0.39, 0.29) is 0 Å². The summed E-state index contributed by atoms with van der Waals surface area (Å²) in [5.74, 6) is 0.452. The fourth-order valence-corrected chi connectivity index (χ4v) is 4.44. The number of hydrogen-bond donors (Lipinski definition) is 5. The van der Waals surface area contributed by atoms with Crippen molar-refractivity contribution in [2.75, 3.05) is 6.61 Å². The van der Waals surface area contributed by atoms with Crippen LogP contribution in [0.15, 0.2) is 47.1 Å². The average Bonchev–Trinajstić information content (AvgIpc) is 3.49. The van der Waals surface area contributed by atoms with Crippen LogP contribution in [0.3, 0.4) is 0 Å². The summed E-state index contributed by atoms with van der Waals surface area (Å²) in [6.45, 7) is 1.49. The molecule has 9 nitrogen and oxygen atoms in total. The number of aromatic nitrogens is 2. The van der Waals surface area contributed by atoms with Crippen LogP contribution in [0.4, 0.5) is 0 Å². The first kappa shape index (κ1) is 22.8. The molecule has 1 aliphatic rings. The van der Waals surface area contributed by atoms with Crippen molar-refractivity contribution in [2.24, 2.45) is 0 Å². The lowest BCUT2D eigenvalue weighted by Crippen LogP contribution is -2.60. The van der Waals surface area contributed by atoms with Crippen LogP contribution in [0.25, 0.3) is 21.9 Å². The van der Waals surface area contributed by atoms with Crippen LogP contribution in [-0.2, 0) is 24.0 Å². The molecule has 3 heterocycles. The molecule has 0 radical (unpaired) electrons. The van der Waals surface area contributed by atoms with E-state index >= 15 is 0 Å². The molecule has 1 aliphatic heterocycles. The minimum atomic E-state index is -1.51. The minimum absolute atomic E-state index is 0.452. The van der Waals surface area contributed by atoms with Crippen molar-refractivity contribution >= 4 is 21.9 Å². The molecule has 0 aliphatic carbocycles. The molecule has 0 unspecified atom stereocenters. The van der Waals surface area contributed by atoms with Crippen LogP contribution in [0.2, 0.25) is 0 Å². The van der Waals surface area contributed by atoms with Gasteiger partial charge in [-0.3, -0.25) is 5.10 Å². The zero-order chi connectivity index (χ0) is 23.8. The van der Waals surface area contributed by atoms with Crippen molar-refractivity contribution in [1.29, 1.82) is 0 Å². The third-order valence-electron chi connectivity index (χ3n) is 6.43. The summed E-state index contributed by atoms with van der Waals surface area (Å²) in [6, 6.07) is 11.9. The Morgan fingerprint density at radius 3 is 2.65 bits per heavy atom. The van der Waals surface area contributed by atoms with Crippen molar-refractivity contribution < 1.29 is 34.3 Å². The molecule has 0 bridgehead atoms. The van der Waals surface area contributed by atoms with E-state index in [1.165, 1.54) is 0 Å². The van der Waals surface area contributed by atoms with Gasteiger partial charge in [0.05, 0.1) is 23.8 Å². The van der Waals surface area contributed by atoms with E-state index in [1.54, 1.807) is 6.26 Å². The second-order valence-corrected chi connectivity index (χ2v) is 8.65. The Morgan fingerprint density at radius 1 is 1.00 bits per heavy atom. The lowest BCUT2D eigenvalue weighted by atomic mass is 9.99. The van der Waals surface area contributed by atoms with Gasteiger partial charge in [-0.25, -0.2) is 0 Å². The molecule has 0 amide bonds. The van der Waals surface area contributed by atoms with Crippen molar-refractivity contribution in [3.63, 3.8) is 0 Å². The van der Waals surface area contributed by atoms with E-state index in [0.717, 1.165) is 51.5 Å². The molecule has 5 N–H and O–H groups in total. The number of aryl methyl sites for hydroxylation is 3. The zero-order valence-corrected chi connectivity index (χ0v) is 18.7. The Hall–Kier alpha value is -2.95. The van der Waals surface area contributed by atoms with Crippen LogP contribution in [0.1, 0.15) is 23.7 Å². The van der Waals surface area contributed by atoms with Gasteiger partial charge in [-0.15, -0.1) is 0 Å². The Kier molecular flexibility index (Phi) is 6.28. The van der Waals surface area contributed by atoms with E-state index in [4.69, 9.17) is 13.9 Å². The van der Waals surface area contributed by atoms with Crippen LogP contribution >= 0.6 is 0 Å². The number of nitrogens with one attached hydrogen (secondary N) is 1. The van der Waals surface area contributed by atoms with Crippen molar-refractivity contribution in [3.05, 3.63) is 59.5 Å². The summed E-state index contributed by atoms with van der Waals surface area (Å²) in [5.41, 5.74) is 4.57. The molecule has 1 fully saturated rings. The maximum atomic E-state index is 10.4. The fraction of sp³-hybridized carbons (Fsp3) is 0.400. The smallest absolute Gasteiger partial charge is 0.229 e. The molecule has 1 saturated heterocycles. The zero-order valence-electron chi connectivity index (χ0n) is 18.7. The van der Waals surface area contributed by atoms with Gasteiger partial charge < -0.3 is 34.3 Å². The molecule has 2 aromatic carbocycles. The maximum Gasteiger partial charge on any atom is 0.229 e. The number of aliphatic hydroxyl groups is 4. The largest absolute Gasteiger partial charge is 0.464 e. The number of benzene rings is 2. The molecule has 0 saturated carbocycles. The first-order chi connectivity index (χ1) is 16.5. The van der Waals surface area contributed by atoms with Crippen LogP contribution in [-0.4, -0.2) is 67.9 Å². The van der Waals surface area contributed by atoms with E-state index in [2.05, 4.69) is 16.3 Å². The van der Waals surface area contributed by atoms with Gasteiger partial charge in [-0.05, 0) is 60.7 Å². The number of furan rings is 1. The molecule has 34 heavy (non-hydrogen) atoms. The normalized spacial score (nSPS) is 25.3. The molecule has 5 rings (SSSR count). The van der Waals surface area contributed by atoms with Gasteiger partial charge >= 0.3 is 0 Å². The van der Waals surface area contributed by atoms with E-state index in [0.29, 0.717) is 12.2 Å². The number of H-pyrrole nitrogens is 1. The molecule has 2 aromatic heterocycles. The summed E-state index contributed by atoms with van der Waals surface area (Å²) in [5, 5.41) is 49.5. The van der Waals surface area contributed by atoms with Crippen LogP contribution in [0, 0.1) is 0 Å². The number of nitrogens with zero attached hydrogens (tertiary/aromatic N) is 1. The van der Waals surface area contributed by atoms with Crippen LogP contribution in [0.5, 0.6) is 5.75 Å². The monoisotopic (exact) mass is 468 g/mol. The molecule has 5 atom stereocenters. The van der Waals surface area contributed by atoms with Crippen molar-refractivity contribution in [2.45, 2.75) is 56.9 Å². The lowest BCUT2D eigenvalue weighted by molar-refractivity contribution is -0.277. The predicted octanol–water partition coefficient (Wildman–Crippen LogP) is 1.84. The van der Waals surface area contributed by atoms with Gasteiger partial charge in [0, 0.05) is 11.1 Å². The number of aliphatic hydroxyl groups excluding tert-OH is 4. The van der Waals surface area contributed by atoms with E-state index < -0.39 is 37.3 Å². The molecule has 9 heteroatoms. The first-order valence-electron chi connectivity index (χ1n) is 11.4. The van der Waals surface area contributed by atoms with Crippen molar-refractivity contribution in [3.8, 4) is 5.75 Å². The Balaban J connectivity index is 1.44. The molecule has 4 aromatic rings. The second kappa shape index (κ2) is 9.36. The molecular formula is C25H28N2O7. The summed E-state index contributed by atoms with van der Waals surface area (Å²) < 4.78 is 17.0. The number of rotatable bonds is 7. The third kappa shape index (κ3) is 4.17. The van der Waals surface area contributed by atoms with Gasteiger partial charge in [0.15, 0.2) is 0 Å². The predicted molar refractivity (Wildman–Crippen MR) is 123 cm³/mol. The third-order valence-corrected chi connectivity index (χ3v) is 6.43. The Bertz CT molecular complexity index is 1280. The van der Waals surface area contributed by atoms with E-state index in [1.807, 2.05) is 37.3 Å². The number of hydrogen-bond acceptors (Lipinski definition) is 8. The number of fused-ring (bicyclic) bond motifs is 2. The molecular weight excluding hydrogens is 440 g/mol. The van der Waals surface area contributed by atoms with E-state index in [9.17, 15) is 20.4 Å². The fourth-order valence-electron chi connectivity index (χ4n) is 4.44. The summed E-state index contributed by atoms with van der Waals surface area (Å²) >= 11 is 0. The highest BCUT2D eigenvalue weighted by Crippen LogP contribution is 2.33. The second-order valence-electron chi connectivity index (χ2n) is 8.65. The molecule has 0 spiro atoms. The molecule has 180 valence electrons. The lowest BCUT2D eigenvalue weighted by Gasteiger charge is -2.39. The van der Waals surface area contributed by atoms with Gasteiger partial charge in [0.1, 0.15) is 35.7 Å². The summed E-state index contributed by atoms with van der Waals surface area (Å²) in [7, 11) is 0. The first-order valence-corrected chi connectivity index (χ1v) is 11.4. The SMILES string of the molecule is CCc1cc(O[C@@H]2O[C@H](CO)[C@@H](O)[C@H](O)[C@H]2O)c2c(CCc3ccc4occc4c3)[nH]nc2c1. The van der Waals surface area contributed by atoms with Gasteiger partial charge in [0.2, 0.25) is 6.29 Å². The van der Waals surface area contributed by atoms with Gasteiger partial charge in [0.25, 0.3) is 0 Å². The highest BCUT2D eigenvalue weighted by Gasteiger charge is 2.45. The standard InChI is InChI=1S/C25H28N2O7/c1-2-13-10-17-21(19(11-13)33-25-24(31)23(30)22(29)20(12-28)34-25)16(26-27-17)5-3-14-4-6-18-15(9-14)7-8-32-18/h4,6-11,20,22-25,28-31H,2-3,5,12H2,1H3,(H,26,27)/t20-,22-,23+,24-,25-/m1/s1. The van der Waals surface area contributed by atoms with Crippen LogP contribution < -0.4 is 4.74 Å². The Labute approximate surface area is 195 Å².